The summed E-state index contributed by atoms with van der Waals surface area (Å²) >= 11 is 0. The average Bonchev–Trinajstić information content (AvgIpc) is 2.96. The minimum atomic E-state index is -1.08. The summed E-state index contributed by atoms with van der Waals surface area (Å²) in [6.07, 6.45) is 2.47. The van der Waals surface area contributed by atoms with Gasteiger partial charge in [-0.05, 0) is 36.8 Å². The van der Waals surface area contributed by atoms with E-state index in [4.69, 9.17) is 9.52 Å². The molecule has 0 aliphatic carbocycles. The van der Waals surface area contributed by atoms with E-state index in [2.05, 4.69) is 22.2 Å². The van der Waals surface area contributed by atoms with Crippen LogP contribution < -0.4 is 5.32 Å². The zero-order valence-electron chi connectivity index (χ0n) is 12.0. The van der Waals surface area contributed by atoms with Crippen LogP contribution in [-0.2, 0) is 0 Å². The van der Waals surface area contributed by atoms with Crippen LogP contribution in [0.3, 0.4) is 0 Å². The molecule has 0 saturated carbocycles. The Kier molecular flexibility index (Phi) is 3.74. The van der Waals surface area contributed by atoms with E-state index in [1.165, 1.54) is 12.3 Å². The maximum atomic E-state index is 11.0. The Morgan fingerprint density at radius 1 is 1.32 bits per heavy atom. The molecule has 2 heterocycles. The van der Waals surface area contributed by atoms with Gasteiger partial charge in [-0.3, -0.25) is 0 Å². The molecule has 0 atom stereocenters. The molecule has 0 bridgehead atoms. The van der Waals surface area contributed by atoms with E-state index in [0.29, 0.717) is 17.0 Å². The zero-order valence-corrected chi connectivity index (χ0v) is 12.0. The molecule has 3 aromatic rings. The number of carbonyl (C=O) groups is 1. The predicted octanol–water partition coefficient (Wildman–Crippen LogP) is 3.41. The molecule has 6 nitrogen and oxygen atoms in total. The van der Waals surface area contributed by atoms with Gasteiger partial charge in [0.05, 0.1) is 0 Å². The van der Waals surface area contributed by atoms with Gasteiger partial charge in [0.15, 0.2) is 5.58 Å². The van der Waals surface area contributed by atoms with Gasteiger partial charge in [-0.1, -0.05) is 6.92 Å². The van der Waals surface area contributed by atoms with Crippen LogP contribution in [0.1, 0.15) is 23.8 Å². The Labute approximate surface area is 126 Å². The van der Waals surface area contributed by atoms with E-state index in [-0.39, 0.29) is 5.69 Å². The van der Waals surface area contributed by atoms with Crippen molar-refractivity contribution in [1.82, 2.24) is 9.97 Å². The molecule has 112 valence electrons. The summed E-state index contributed by atoms with van der Waals surface area (Å²) in [5.74, 6) is -0.698. The number of anilines is 1. The van der Waals surface area contributed by atoms with E-state index in [0.717, 1.165) is 24.2 Å². The zero-order chi connectivity index (χ0) is 15.5. The van der Waals surface area contributed by atoms with E-state index >= 15 is 0 Å². The Bertz CT molecular complexity index is 826. The molecule has 3 rings (SSSR count). The fourth-order valence-corrected chi connectivity index (χ4v) is 2.11. The summed E-state index contributed by atoms with van der Waals surface area (Å²) in [7, 11) is 0. The maximum absolute atomic E-state index is 11.0. The lowest BCUT2D eigenvalue weighted by Gasteiger charge is -2.02. The van der Waals surface area contributed by atoms with Gasteiger partial charge in [0, 0.05) is 24.0 Å². The Morgan fingerprint density at radius 2 is 2.18 bits per heavy atom. The van der Waals surface area contributed by atoms with Gasteiger partial charge < -0.3 is 14.8 Å². The summed E-state index contributed by atoms with van der Waals surface area (Å²) in [6.45, 7) is 2.99. The molecule has 1 aromatic carbocycles. The Balaban J connectivity index is 1.97. The highest BCUT2D eigenvalue weighted by Gasteiger charge is 2.12. The quantitative estimate of drug-likeness (QED) is 0.750. The number of fused-ring (bicyclic) bond motifs is 1. The molecule has 6 heteroatoms. The molecule has 0 aliphatic heterocycles. The molecule has 0 unspecified atom stereocenters. The maximum Gasteiger partial charge on any atom is 0.354 e. The lowest BCUT2D eigenvalue weighted by molar-refractivity contribution is 0.0690. The summed E-state index contributed by atoms with van der Waals surface area (Å²) < 4.78 is 5.69. The number of rotatable bonds is 5. The van der Waals surface area contributed by atoms with Crippen LogP contribution in [0.15, 0.2) is 40.9 Å². The molecule has 0 radical (unpaired) electrons. The van der Waals surface area contributed by atoms with E-state index in [9.17, 15) is 4.79 Å². The van der Waals surface area contributed by atoms with Crippen LogP contribution in [0, 0.1) is 0 Å². The molecule has 2 N–H and O–H groups in total. The third kappa shape index (κ3) is 2.76. The summed E-state index contributed by atoms with van der Waals surface area (Å²) in [6, 6.07) is 8.82. The van der Waals surface area contributed by atoms with Gasteiger partial charge in [0.2, 0.25) is 5.89 Å². The normalized spacial score (nSPS) is 10.8. The number of aromatic carboxylic acids is 1. The molecular weight excluding hydrogens is 282 g/mol. The first-order valence-corrected chi connectivity index (χ1v) is 7.01. The number of nitrogens with zero attached hydrogens (tertiary/aromatic N) is 2. The minimum absolute atomic E-state index is 0.0370. The number of nitrogens with one attached hydrogen (secondary N) is 1. The molecule has 0 saturated heterocycles. The van der Waals surface area contributed by atoms with Crippen molar-refractivity contribution in [2.45, 2.75) is 13.3 Å². The van der Waals surface area contributed by atoms with Crippen molar-refractivity contribution in [3.63, 3.8) is 0 Å². The lowest BCUT2D eigenvalue weighted by atomic mass is 10.2. The number of carboxylic acids is 1. The molecule has 0 spiro atoms. The SMILES string of the molecule is CCCNc1ccc2oc(-c3ccnc(C(=O)O)c3)nc2c1. The lowest BCUT2D eigenvalue weighted by Crippen LogP contribution is -1.99. The highest BCUT2D eigenvalue weighted by atomic mass is 16.4. The number of carboxylic acid groups (broad SMARTS) is 1. The summed E-state index contributed by atoms with van der Waals surface area (Å²) in [5.41, 5.74) is 2.92. The fraction of sp³-hybridized carbons (Fsp3) is 0.188. The van der Waals surface area contributed by atoms with Crippen molar-refractivity contribution >= 4 is 22.8 Å². The number of oxazole rings is 1. The second kappa shape index (κ2) is 5.85. The third-order valence-electron chi connectivity index (χ3n) is 3.19. The van der Waals surface area contributed by atoms with Crippen molar-refractivity contribution in [3.05, 3.63) is 42.2 Å². The van der Waals surface area contributed by atoms with Crippen LogP contribution in [-0.4, -0.2) is 27.6 Å². The van der Waals surface area contributed by atoms with Crippen molar-refractivity contribution in [1.29, 1.82) is 0 Å². The van der Waals surface area contributed by atoms with Gasteiger partial charge in [-0.25, -0.2) is 14.8 Å². The number of aromatic nitrogens is 2. The molecule has 0 amide bonds. The fourth-order valence-electron chi connectivity index (χ4n) is 2.11. The van der Waals surface area contributed by atoms with Crippen LogP contribution in [0.5, 0.6) is 0 Å². The average molecular weight is 297 g/mol. The van der Waals surface area contributed by atoms with Crippen LogP contribution in [0.25, 0.3) is 22.6 Å². The van der Waals surface area contributed by atoms with Crippen molar-refractivity contribution in [3.8, 4) is 11.5 Å². The minimum Gasteiger partial charge on any atom is -0.477 e. The second-order valence-electron chi connectivity index (χ2n) is 4.86. The van der Waals surface area contributed by atoms with Crippen molar-refractivity contribution in [2.24, 2.45) is 0 Å². The number of benzene rings is 1. The van der Waals surface area contributed by atoms with Gasteiger partial charge >= 0.3 is 5.97 Å². The van der Waals surface area contributed by atoms with E-state index in [1.807, 2.05) is 18.2 Å². The van der Waals surface area contributed by atoms with Crippen LogP contribution >= 0.6 is 0 Å². The van der Waals surface area contributed by atoms with E-state index < -0.39 is 5.97 Å². The van der Waals surface area contributed by atoms with E-state index in [1.54, 1.807) is 6.07 Å². The Hall–Kier alpha value is -2.89. The number of hydrogen-bond donors (Lipinski definition) is 2. The third-order valence-corrected chi connectivity index (χ3v) is 3.19. The van der Waals surface area contributed by atoms with Crippen LogP contribution in [0.4, 0.5) is 5.69 Å². The molecule has 0 fully saturated rings. The first-order valence-electron chi connectivity index (χ1n) is 7.01. The number of hydrogen-bond acceptors (Lipinski definition) is 5. The first-order chi connectivity index (χ1) is 10.7. The topological polar surface area (TPSA) is 88.2 Å². The monoisotopic (exact) mass is 297 g/mol. The molecule has 22 heavy (non-hydrogen) atoms. The molecule has 0 aliphatic rings. The molecule has 2 aromatic heterocycles. The number of pyridine rings is 1. The van der Waals surface area contributed by atoms with Gasteiger partial charge in [-0.15, -0.1) is 0 Å². The summed E-state index contributed by atoms with van der Waals surface area (Å²) in [4.78, 5) is 19.2. The predicted molar refractivity (Wildman–Crippen MR) is 83.0 cm³/mol. The Morgan fingerprint density at radius 3 is 2.95 bits per heavy atom. The highest BCUT2D eigenvalue weighted by Crippen LogP contribution is 2.26. The van der Waals surface area contributed by atoms with Gasteiger partial charge in [0.1, 0.15) is 11.2 Å². The largest absolute Gasteiger partial charge is 0.477 e. The van der Waals surface area contributed by atoms with Crippen molar-refractivity contribution in [2.75, 3.05) is 11.9 Å². The second-order valence-corrected chi connectivity index (χ2v) is 4.86. The first kappa shape index (κ1) is 14.1. The standard InChI is InChI=1S/C16H15N3O3/c1-2-6-17-11-3-4-14-12(9-11)19-15(22-14)10-5-7-18-13(8-10)16(20)21/h3-5,7-9,17H,2,6H2,1H3,(H,20,21). The molecular formula is C16H15N3O3. The highest BCUT2D eigenvalue weighted by molar-refractivity contribution is 5.87. The smallest absolute Gasteiger partial charge is 0.354 e. The summed E-state index contributed by atoms with van der Waals surface area (Å²) in [5, 5.41) is 12.3. The van der Waals surface area contributed by atoms with Gasteiger partial charge in [-0.2, -0.15) is 0 Å². The van der Waals surface area contributed by atoms with Crippen LogP contribution in [0.2, 0.25) is 0 Å². The van der Waals surface area contributed by atoms with Crippen molar-refractivity contribution < 1.29 is 14.3 Å². The van der Waals surface area contributed by atoms with Gasteiger partial charge in [0.25, 0.3) is 0 Å².